The van der Waals surface area contributed by atoms with Crippen molar-refractivity contribution in [2.45, 2.75) is 90.7 Å². The third-order valence-electron chi connectivity index (χ3n) is 8.89. The molecule has 0 unspecified atom stereocenters. The summed E-state index contributed by atoms with van der Waals surface area (Å²) in [6, 6.07) is 16.1. The van der Waals surface area contributed by atoms with Crippen LogP contribution in [-0.4, -0.2) is 58.8 Å². The van der Waals surface area contributed by atoms with E-state index in [0.717, 1.165) is 40.4 Å². The number of carboxylic acids is 1. The van der Waals surface area contributed by atoms with Crippen molar-refractivity contribution in [3.8, 4) is 5.88 Å². The maximum Gasteiger partial charge on any atom is 0.326 e. The van der Waals surface area contributed by atoms with E-state index in [0.29, 0.717) is 18.9 Å². The van der Waals surface area contributed by atoms with Gasteiger partial charge in [0.1, 0.15) is 12.1 Å². The van der Waals surface area contributed by atoms with E-state index in [1.807, 2.05) is 69.3 Å². The quantitative estimate of drug-likeness (QED) is 0.320. The van der Waals surface area contributed by atoms with Gasteiger partial charge in [0.05, 0.1) is 31.4 Å². The largest absolute Gasteiger partial charge is 0.481 e. The zero-order valence-corrected chi connectivity index (χ0v) is 26.1. The van der Waals surface area contributed by atoms with Gasteiger partial charge in [-0.15, -0.1) is 0 Å². The topological polar surface area (TPSA) is 98.2 Å². The lowest BCUT2D eigenvalue weighted by Gasteiger charge is -2.35. The van der Waals surface area contributed by atoms with E-state index in [4.69, 9.17) is 19.2 Å². The summed E-state index contributed by atoms with van der Waals surface area (Å²) in [7, 11) is 1.58. The number of fused-ring (bicyclic) bond motifs is 1. The molecular weight excluding hydrogens is 544 g/mol. The van der Waals surface area contributed by atoms with Crippen molar-refractivity contribution in [3.63, 3.8) is 0 Å². The van der Waals surface area contributed by atoms with Gasteiger partial charge in [0.2, 0.25) is 5.88 Å². The summed E-state index contributed by atoms with van der Waals surface area (Å²) in [4.78, 5) is 33.9. The summed E-state index contributed by atoms with van der Waals surface area (Å²) in [5.41, 5.74) is 3.04. The number of ether oxygens (including phenoxy) is 3. The number of nitrogens with zero attached hydrogens (tertiary/aromatic N) is 2. The molecule has 2 fully saturated rings. The normalized spacial score (nSPS) is 24.4. The van der Waals surface area contributed by atoms with E-state index >= 15 is 0 Å². The maximum absolute atomic E-state index is 14.4. The van der Waals surface area contributed by atoms with Crippen molar-refractivity contribution >= 4 is 22.8 Å². The van der Waals surface area contributed by atoms with Gasteiger partial charge in [-0.3, -0.25) is 4.79 Å². The number of carbonyl (C=O) groups excluding carboxylic acids is 1. The molecule has 5 atom stereocenters. The van der Waals surface area contributed by atoms with Gasteiger partial charge in [0.15, 0.2) is 0 Å². The lowest BCUT2D eigenvalue weighted by molar-refractivity contribution is -0.159. The SMILES string of the molecule is COc1nc2ccccc2cc1CO[C@H]1[C@H](C(C)(C)C)[C@@H](C(=O)O)N(C(=O)[C@@H]2CCCCO2)[C@H]1c1ccccc1C(C)C. The molecule has 0 radical (unpaired) electrons. The molecule has 0 saturated carbocycles. The number of aliphatic carboxylic acids is 1. The van der Waals surface area contributed by atoms with E-state index in [-0.39, 0.29) is 18.4 Å². The van der Waals surface area contributed by atoms with Crippen molar-refractivity contribution < 1.29 is 28.9 Å². The first-order valence-corrected chi connectivity index (χ1v) is 15.3. The van der Waals surface area contributed by atoms with Gasteiger partial charge in [-0.1, -0.05) is 77.1 Å². The number of likely N-dealkylation sites (tertiary alicyclic amines) is 1. The molecule has 2 aromatic carbocycles. The van der Waals surface area contributed by atoms with Crippen LogP contribution in [0.2, 0.25) is 0 Å². The molecule has 3 aromatic rings. The molecule has 2 aliphatic heterocycles. The highest BCUT2D eigenvalue weighted by Crippen LogP contribution is 2.51. The van der Waals surface area contributed by atoms with E-state index in [1.165, 1.54) is 0 Å². The van der Waals surface area contributed by atoms with Crippen molar-refractivity contribution in [2.75, 3.05) is 13.7 Å². The highest BCUT2D eigenvalue weighted by molar-refractivity contribution is 5.88. The molecule has 8 heteroatoms. The minimum absolute atomic E-state index is 0.146. The summed E-state index contributed by atoms with van der Waals surface area (Å²) < 4.78 is 18.5. The first-order valence-electron chi connectivity index (χ1n) is 15.3. The number of methoxy groups -OCH3 is 1. The molecule has 1 amide bonds. The van der Waals surface area contributed by atoms with Crippen molar-refractivity contribution in [2.24, 2.45) is 11.3 Å². The van der Waals surface area contributed by atoms with Crippen LogP contribution in [0.5, 0.6) is 5.88 Å². The fourth-order valence-corrected chi connectivity index (χ4v) is 6.93. The number of rotatable bonds is 8. The zero-order chi connectivity index (χ0) is 30.9. The standard InChI is InChI=1S/C35H44N2O6/c1-21(2)24-14-8-9-15-25(24)29-31(43-20-23-19-22-13-7-10-16-26(22)36-32(23)41-6)28(35(3,4)5)30(34(39)40)37(29)33(38)27-17-11-12-18-42-27/h7-10,13-16,19,21,27-31H,11-12,17-18,20H2,1-6H3,(H,39,40)/t27-,28+,29-,30-,31-/m0/s1. The predicted molar refractivity (Wildman–Crippen MR) is 165 cm³/mol. The van der Waals surface area contributed by atoms with Crippen LogP contribution in [0.3, 0.4) is 0 Å². The van der Waals surface area contributed by atoms with Gasteiger partial charge in [0.25, 0.3) is 5.91 Å². The van der Waals surface area contributed by atoms with Crippen molar-refractivity contribution in [3.05, 3.63) is 71.3 Å². The minimum Gasteiger partial charge on any atom is -0.481 e. The Morgan fingerprint density at radius 3 is 2.47 bits per heavy atom. The van der Waals surface area contributed by atoms with Gasteiger partial charge < -0.3 is 24.2 Å². The highest BCUT2D eigenvalue weighted by Gasteiger charge is 2.59. The molecule has 5 rings (SSSR count). The molecule has 0 aliphatic carbocycles. The molecule has 2 aliphatic rings. The molecular formula is C35H44N2O6. The second-order valence-electron chi connectivity index (χ2n) is 13.1. The molecule has 1 aromatic heterocycles. The van der Waals surface area contributed by atoms with Crippen molar-refractivity contribution in [1.82, 2.24) is 9.88 Å². The Morgan fingerprint density at radius 2 is 1.81 bits per heavy atom. The summed E-state index contributed by atoms with van der Waals surface area (Å²) in [5.74, 6) is -1.21. The number of para-hydroxylation sites is 1. The smallest absolute Gasteiger partial charge is 0.326 e. The van der Waals surface area contributed by atoms with E-state index < -0.39 is 41.6 Å². The molecule has 3 heterocycles. The van der Waals surface area contributed by atoms with Crippen LogP contribution in [0.1, 0.15) is 82.5 Å². The zero-order valence-electron chi connectivity index (χ0n) is 26.1. The first kappa shape index (κ1) is 31.0. The number of hydrogen-bond donors (Lipinski definition) is 1. The monoisotopic (exact) mass is 588 g/mol. The van der Waals surface area contributed by atoms with Gasteiger partial charge in [-0.2, -0.15) is 0 Å². The predicted octanol–water partition coefficient (Wildman–Crippen LogP) is 6.52. The number of carboxylic acid groups (broad SMARTS) is 1. The average Bonchev–Trinajstić information content (AvgIpc) is 3.35. The first-order chi connectivity index (χ1) is 20.5. The molecule has 8 nitrogen and oxygen atoms in total. The minimum atomic E-state index is -1.09. The van der Waals surface area contributed by atoms with Crippen LogP contribution in [0.15, 0.2) is 54.6 Å². The van der Waals surface area contributed by atoms with Gasteiger partial charge >= 0.3 is 5.97 Å². The number of carbonyl (C=O) groups is 2. The summed E-state index contributed by atoms with van der Waals surface area (Å²) in [6.07, 6.45) is 1.04. The molecule has 43 heavy (non-hydrogen) atoms. The molecule has 1 N–H and O–H groups in total. The number of hydrogen-bond acceptors (Lipinski definition) is 6. The lowest BCUT2D eigenvalue weighted by Crippen LogP contribution is -2.51. The molecule has 2 saturated heterocycles. The number of aromatic nitrogens is 1. The summed E-state index contributed by atoms with van der Waals surface area (Å²) in [6.45, 7) is 10.9. The fourth-order valence-electron chi connectivity index (χ4n) is 6.93. The third kappa shape index (κ3) is 6.13. The molecule has 0 bridgehead atoms. The average molecular weight is 589 g/mol. The Labute approximate surface area is 254 Å². The molecule has 0 spiro atoms. The Kier molecular flexibility index (Phi) is 9.09. The van der Waals surface area contributed by atoms with Gasteiger partial charge in [-0.05, 0) is 53.9 Å². The van der Waals surface area contributed by atoms with E-state index in [9.17, 15) is 14.7 Å². The second-order valence-corrected chi connectivity index (χ2v) is 13.1. The van der Waals surface area contributed by atoms with E-state index in [1.54, 1.807) is 12.0 Å². The van der Waals surface area contributed by atoms with Crippen LogP contribution in [0, 0.1) is 11.3 Å². The Balaban J connectivity index is 1.65. The summed E-state index contributed by atoms with van der Waals surface area (Å²) >= 11 is 0. The van der Waals surface area contributed by atoms with Crippen LogP contribution in [0.25, 0.3) is 10.9 Å². The Morgan fingerprint density at radius 1 is 1.09 bits per heavy atom. The molecule has 230 valence electrons. The number of amides is 1. The van der Waals surface area contributed by atoms with E-state index in [2.05, 4.69) is 19.9 Å². The van der Waals surface area contributed by atoms with Gasteiger partial charge in [-0.25, -0.2) is 9.78 Å². The third-order valence-corrected chi connectivity index (χ3v) is 8.89. The van der Waals surface area contributed by atoms with Gasteiger partial charge in [0, 0.05) is 23.5 Å². The Bertz CT molecular complexity index is 1460. The highest BCUT2D eigenvalue weighted by atomic mass is 16.5. The summed E-state index contributed by atoms with van der Waals surface area (Å²) in [5, 5.41) is 11.7. The van der Waals surface area contributed by atoms with Crippen LogP contribution >= 0.6 is 0 Å². The fraction of sp³-hybridized carbons (Fsp3) is 0.514. The number of pyridine rings is 1. The lowest BCUT2D eigenvalue weighted by atomic mass is 9.73. The van der Waals surface area contributed by atoms with Crippen molar-refractivity contribution in [1.29, 1.82) is 0 Å². The Hall–Kier alpha value is -3.49. The number of benzene rings is 2. The van der Waals surface area contributed by atoms with Crippen LogP contribution in [-0.2, 0) is 25.7 Å². The maximum atomic E-state index is 14.4. The van der Waals surface area contributed by atoms with Crippen LogP contribution in [0.4, 0.5) is 0 Å². The van der Waals surface area contributed by atoms with Crippen LogP contribution < -0.4 is 4.74 Å². The second kappa shape index (κ2) is 12.6.